The van der Waals surface area contributed by atoms with Gasteiger partial charge in [0.1, 0.15) is 34.1 Å². The molecule has 0 saturated heterocycles. The van der Waals surface area contributed by atoms with Gasteiger partial charge in [-0.1, -0.05) is 36.4 Å². The van der Waals surface area contributed by atoms with Crippen molar-refractivity contribution < 1.29 is 14.0 Å². The first-order valence-corrected chi connectivity index (χ1v) is 11.5. The average Bonchev–Trinajstić information content (AvgIpc) is 3.23. The zero-order valence-electron chi connectivity index (χ0n) is 18.0. The van der Waals surface area contributed by atoms with Gasteiger partial charge in [-0.05, 0) is 54.6 Å². The fourth-order valence-corrected chi connectivity index (χ4v) is 6.51. The Morgan fingerprint density at radius 1 is 0.588 bits per heavy atom. The van der Waals surface area contributed by atoms with Crippen molar-refractivity contribution in [3.63, 3.8) is 0 Å². The zero-order valence-corrected chi connectivity index (χ0v) is 18.0. The van der Waals surface area contributed by atoms with Crippen LogP contribution in [-0.2, 0) is 5.54 Å². The highest BCUT2D eigenvalue weighted by Gasteiger charge is 2.59. The van der Waals surface area contributed by atoms with Gasteiger partial charge in [0.2, 0.25) is 5.54 Å². The van der Waals surface area contributed by atoms with Crippen molar-refractivity contribution in [2.45, 2.75) is 5.54 Å². The number of para-hydroxylation sites is 2. The maximum absolute atomic E-state index is 6.61. The van der Waals surface area contributed by atoms with Crippen LogP contribution in [-0.4, -0.2) is 4.57 Å². The van der Waals surface area contributed by atoms with Crippen molar-refractivity contribution in [2.75, 3.05) is 0 Å². The Labute approximate surface area is 194 Å². The third-order valence-corrected chi connectivity index (χ3v) is 7.66. The van der Waals surface area contributed by atoms with Crippen molar-refractivity contribution in [3.05, 3.63) is 120 Å². The van der Waals surface area contributed by atoms with Gasteiger partial charge in [-0.3, -0.25) is 0 Å². The number of fused-ring (bicyclic) bond motifs is 6. The number of pyridine rings is 1. The van der Waals surface area contributed by atoms with Crippen LogP contribution in [0.25, 0.3) is 27.6 Å². The molecule has 4 heteroatoms. The van der Waals surface area contributed by atoms with Gasteiger partial charge in [0, 0.05) is 16.8 Å². The van der Waals surface area contributed by atoms with Crippen molar-refractivity contribution in [3.8, 4) is 28.8 Å². The fourth-order valence-electron chi connectivity index (χ4n) is 6.51. The number of benzene rings is 4. The van der Waals surface area contributed by atoms with Crippen LogP contribution in [0.4, 0.5) is 0 Å². The summed E-state index contributed by atoms with van der Waals surface area (Å²) in [7, 11) is 0. The zero-order chi connectivity index (χ0) is 22.0. The quantitative estimate of drug-likeness (QED) is 0.256. The highest BCUT2D eigenvalue weighted by molar-refractivity contribution is 6.11. The van der Waals surface area contributed by atoms with Gasteiger partial charge in [0.15, 0.2) is 5.52 Å². The molecule has 3 aliphatic heterocycles. The molecule has 3 aliphatic rings. The largest absolute Gasteiger partial charge is 0.456 e. The van der Waals surface area contributed by atoms with E-state index < -0.39 is 5.54 Å². The summed E-state index contributed by atoms with van der Waals surface area (Å²) >= 11 is 0. The van der Waals surface area contributed by atoms with Gasteiger partial charge in [0.25, 0.3) is 5.82 Å². The highest BCUT2D eigenvalue weighted by Crippen LogP contribution is 2.61. The normalized spacial score (nSPS) is 18.0. The van der Waals surface area contributed by atoms with Crippen LogP contribution >= 0.6 is 0 Å². The summed E-state index contributed by atoms with van der Waals surface area (Å²) in [5.41, 5.74) is 5.14. The van der Waals surface area contributed by atoms with E-state index in [1.165, 1.54) is 27.4 Å². The number of hydrogen-bond donors (Lipinski definition) is 0. The van der Waals surface area contributed by atoms with Crippen molar-refractivity contribution in [1.29, 1.82) is 0 Å². The molecule has 5 heterocycles. The summed E-state index contributed by atoms with van der Waals surface area (Å²) in [4.78, 5) is 0. The summed E-state index contributed by atoms with van der Waals surface area (Å²) < 4.78 is 17.9. The minimum atomic E-state index is -0.602. The van der Waals surface area contributed by atoms with Crippen LogP contribution in [0.2, 0.25) is 0 Å². The van der Waals surface area contributed by atoms with Crippen molar-refractivity contribution in [2.24, 2.45) is 0 Å². The maximum atomic E-state index is 6.61. The minimum Gasteiger partial charge on any atom is -0.456 e. The lowest BCUT2D eigenvalue weighted by molar-refractivity contribution is -0.730. The first-order chi connectivity index (χ1) is 16.9. The minimum absolute atomic E-state index is 0.602. The summed E-state index contributed by atoms with van der Waals surface area (Å²) in [5, 5.41) is 2.48. The fraction of sp³-hybridized carbons (Fsp3) is 0.0333. The lowest BCUT2D eigenvalue weighted by Crippen LogP contribution is -2.63. The van der Waals surface area contributed by atoms with Crippen LogP contribution in [0, 0.1) is 0 Å². The molecule has 4 aromatic carbocycles. The molecule has 0 amide bonds. The van der Waals surface area contributed by atoms with E-state index in [0.717, 1.165) is 39.9 Å². The number of hydrogen-bond acceptors (Lipinski definition) is 2. The van der Waals surface area contributed by atoms with Crippen LogP contribution < -0.4 is 14.0 Å². The van der Waals surface area contributed by atoms with E-state index in [4.69, 9.17) is 9.47 Å². The molecule has 6 aromatic rings. The Hall–Kier alpha value is -4.57. The van der Waals surface area contributed by atoms with Gasteiger partial charge in [-0.15, -0.1) is 0 Å². The number of ether oxygens (including phenoxy) is 2. The van der Waals surface area contributed by atoms with E-state index in [1.54, 1.807) is 0 Å². The third-order valence-electron chi connectivity index (χ3n) is 7.66. The molecule has 4 nitrogen and oxygen atoms in total. The molecule has 1 unspecified atom stereocenters. The van der Waals surface area contributed by atoms with Crippen molar-refractivity contribution in [1.82, 2.24) is 4.57 Å². The molecule has 0 radical (unpaired) electrons. The molecule has 2 aromatic heterocycles. The van der Waals surface area contributed by atoms with Crippen LogP contribution in [0.15, 0.2) is 103 Å². The van der Waals surface area contributed by atoms with Gasteiger partial charge in [-0.25, -0.2) is 4.57 Å². The van der Waals surface area contributed by atoms with E-state index in [1.807, 2.05) is 12.1 Å². The van der Waals surface area contributed by atoms with Crippen LogP contribution in [0.5, 0.6) is 23.0 Å². The first-order valence-electron chi connectivity index (χ1n) is 11.5. The molecule has 0 saturated carbocycles. The van der Waals surface area contributed by atoms with Gasteiger partial charge in [-0.2, -0.15) is 4.57 Å². The number of nitrogens with zero attached hydrogens (tertiary/aromatic N) is 2. The van der Waals surface area contributed by atoms with Crippen LogP contribution in [0.1, 0.15) is 16.7 Å². The molecule has 9 rings (SSSR count). The Bertz CT molecular complexity index is 1870. The number of rotatable bonds is 0. The third kappa shape index (κ3) is 1.66. The second-order valence-electron chi connectivity index (χ2n) is 9.16. The molecule has 0 fully saturated rings. The topological polar surface area (TPSA) is 27.3 Å². The Morgan fingerprint density at radius 2 is 1.32 bits per heavy atom. The second kappa shape index (κ2) is 5.49. The maximum Gasteiger partial charge on any atom is 0.288 e. The van der Waals surface area contributed by atoms with Crippen molar-refractivity contribution >= 4 is 21.8 Å². The van der Waals surface area contributed by atoms with E-state index in [2.05, 4.69) is 100 Å². The molecule has 0 aliphatic carbocycles. The van der Waals surface area contributed by atoms with Gasteiger partial charge < -0.3 is 9.47 Å². The summed E-state index contributed by atoms with van der Waals surface area (Å²) in [5.74, 6) is 4.57. The molecular formula is C30H17N2O2+. The predicted octanol–water partition coefficient (Wildman–Crippen LogP) is 6.44. The molecule has 1 spiro atoms. The Morgan fingerprint density at radius 3 is 2.26 bits per heavy atom. The summed E-state index contributed by atoms with van der Waals surface area (Å²) in [6.45, 7) is 0. The van der Waals surface area contributed by atoms with E-state index in [0.29, 0.717) is 0 Å². The van der Waals surface area contributed by atoms with Gasteiger partial charge in [0.05, 0.1) is 17.3 Å². The monoisotopic (exact) mass is 437 g/mol. The lowest BCUT2D eigenvalue weighted by Gasteiger charge is -2.44. The van der Waals surface area contributed by atoms with E-state index in [-0.39, 0.29) is 0 Å². The summed E-state index contributed by atoms with van der Waals surface area (Å²) in [6, 6.07) is 34.0. The molecule has 158 valence electrons. The molecule has 0 N–H and O–H groups in total. The Kier molecular flexibility index (Phi) is 2.74. The Balaban J connectivity index is 1.64. The molecule has 0 bridgehead atoms. The SMILES string of the molecule is c1ccc2c(c1)Oc1cccc3c1C21c2c(ccc4c5ccccc5n(c24)-c2cccc[n+]21)O3. The van der Waals surface area contributed by atoms with E-state index >= 15 is 0 Å². The average molecular weight is 437 g/mol. The van der Waals surface area contributed by atoms with Crippen LogP contribution in [0.3, 0.4) is 0 Å². The summed E-state index contributed by atoms with van der Waals surface area (Å²) in [6.07, 6.45) is 2.20. The first kappa shape index (κ1) is 17.0. The predicted molar refractivity (Wildman–Crippen MR) is 129 cm³/mol. The molecule has 34 heavy (non-hydrogen) atoms. The standard InChI is InChI=1S/C30H17N2O2/c1-3-10-21-18(8-1)19-15-16-25-28-29(19)32(21)26-14-5-6-17-31(26)30(28)20-9-2-4-11-22(20)33-23-12-7-13-24(34-25)27(23)30/h1-17H/q+1. The lowest BCUT2D eigenvalue weighted by atomic mass is 9.71. The highest BCUT2D eigenvalue weighted by atomic mass is 16.5. The smallest absolute Gasteiger partial charge is 0.288 e. The molecular weight excluding hydrogens is 420 g/mol. The van der Waals surface area contributed by atoms with Gasteiger partial charge >= 0.3 is 0 Å². The second-order valence-corrected chi connectivity index (χ2v) is 9.16. The molecule has 1 atom stereocenters. The number of aromatic nitrogens is 2. The van der Waals surface area contributed by atoms with E-state index in [9.17, 15) is 0 Å².